The molecule has 100 valence electrons. The lowest BCUT2D eigenvalue weighted by Crippen LogP contribution is -2.17. The van der Waals surface area contributed by atoms with Crippen LogP contribution < -0.4 is 10.6 Å². The molecule has 2 aromatic carbocycles. The molecular formula is C16H14N2OS. The van der Waals surface area contributed by atoms with Crippen molar-refractivity contribution in [3.8, 4) is 0 Å². The number of thiophene rings is 1. The summed E-state index contributed by atoms with van der Waals surface area (Å²) >= 11 is 1.72. The summed E-state index contributed by atoms with van der Waals surface area (Å²) in [5.74, 6) is -0.0717. The van der Waals surface area contributed by atoms with Crippen LogP contribution in [-0.2, 0) is 0 Å². The molecular weight excluding hydrogens is 268 g/mol. The lowest BCUT2D eigenvalue weighted by Gasteiger charge is -2.06. The van der Waals surface area contributed by atoms with Crippen LogP contribution in [0.1, 0.15) is 10.4 Å². The van der Waals surface area contributed by atoms with E-state index in [0.717, 1.165) is 11.4 Å². The SMILES string of the molecule is CNC(=O)c1ccc(Nc2csc3ccccc23)cc1. The largest absolute Gasteiger partial charge is 0.355 e. The van der Waals surface area contributed by atoms with Crippen LogP contribution in [0.5, 0.6) is 0 Å². The number of nitrogens with one attached hydrogen (secondary N) is 2. The molecule has 1 heterocycles. The van der Waals surface area contributed by atoms with Crippen molar-refractivity contribution in [3.05, 3.63) is 59.5 Å². The van der Waals surface area contributed by atoms with Gasteiger partial charge in [-0.1, -0.05) is 18.2 Å². The maximum absolute atomic E-state index is 11.5. The number of anilines is 2. The summed E-state index contributed by atoms with van der Waals surface area (Å²) < 4.78 is 1.26. The van der Waals surface area contributed by atoms with E-state index in [1.165, 1.54) is 10.1 Å². The maximum Gasteiger partial charge on any atom is 0.251 e. The second-order valence-electron chi connectivity index (χ2n) is 4.43. The van der Waals surface area contributed by atoms with Gasteiger partial charge in [-0.3, -0.25) is 4.79 Å². The van der Waals surface area contributed by atoms with E-state index < -0.39 is 0 Å². The van der Waals surface area contributed by atoms with Crippen LogP contribution in [0.15, 0.2) is 53.9 Å². The molecule has 0 saturated carbocycles. The van der Waals surface area contributed by atoms with E-state index in [-0.39, 0.29) is 5.91 Å². The third-order valence-corrected chi connectivity index (χ3v) is 4.10. The van der Waals surface area contributed by atoms with Gasteiger partial charge in [-0.15, -0.1) is 11.3 Å². The smallest absolute Gasteiger partial charge is 0.251 e. The Balaban J connectivity index is 1.86. The number of carbonyl (C=O) groups excluding carboxylic acids is 1. The Labute approximate surface area is 121 Å². The molecule has 0 radical (unpaired) electrons. The molecule has 2 N–H and O–H groups in total. The fourth-order valence-electron chi connectivity index (χ4n) is 2.08. The van der Waals surface area contributed by atoms with Crippen molar-refractivity contribution in [2.45, 2.75) is 0 Å². The molecule has 0 atom stereocenters. The summed E-state index contributed by atoms with van der Waals surface area (Å²) in [5, 5.41) is 9.33. The quantitative estimate of drug-likeness (QED) is 0.762. The van der Waals surface area contributed by atoms with Gasteiger partial charge in [0.2, 0.25) is 0 Å². The highest BCUT2D eigenvalue weighted by atomic mass is 32.1. The van der Waals surface area contributed by atoms with Crippen LogP contribution in [0.25, 0.3) is 10.1 Å². The highest BCUT2D eigenvalue weighted by Gasteiger charge is 2.05. The molecule has 3 aromatic rings. The van der Waals surface area contributed by atoms with E-state index in [2.05, 4.69) is 28.1 Å². The zero-order chi connectivity index (χ0) is 13.9. The summed E-state index contributed by atoms with van der Waals surface area (Å²) in [6.07, 6.45) is 0. The number of rotatable bonds is 3. The minimum Gasteiger partial charge on any atom is -0.355 e. The van der Waals surface area contributed by atoms with Gasteiger partial charge in [0.1, 0.15) is 0 Å². The topological polar surface area (TPSA) is 41.1 Å². The van der Waals surface area contributed by atoms with Crippen molar-refractivity contribution in [2.75, 3.05) is 12.4 Å². The molecule has 0 spiro atoms. The molecule has 0 aliphatic rings. The summed E-state index contributed by atoms with van der Waals surface area (Å²) in [5.41, 5.74) is 2.73. The van der Waals surface area contributed by atoms with Gasteiger partial charge in [-0.2, -0.15) is 0 Å². The highest BCUT2D eigenvalue weighted by Crippen LogP contribution is 2.32. The van der Waals surface area contributed by atoms with Crippen molar-refractivity contribution >= 4 is 38.7 Å². The predicted octanol–water partition coefficient (Wildman–Crippen LogP) is 4.00. The van der Waals surface area contributed by atoms with Crippen LogP contribution in [0.3, 0.4) is 0 Å². The predicted molar refractivity (Wildman–Crippen MR) is 84.9 cm³/mol. The summed E-state index contributed by atoms with van der Waals surface area (Å²) in [6, 6.07) is 15.8. The molecule has 0 bridgehead atoms. The van der Waals surface area contributed by atoms with Crippen molar-refractivity contribution in [3.63, 3.8) is 0 Å². The molecule has 20 heavy (non-hydrogen) atoms. The Morgan fingerprint density at radius 2 is 1.80 bits per heavy atom. The Morgan fingerprint density at radius 3 is 2.55 bits per heavy atom. The second kappa shape index (κ2) is 5.35. The van der Waals surface area contributed by atoms with E-state index in [9.17, 15) is 4.79 Å². The van der Waals surface area contributed by atoms with Crippen LogP contribution in [0, 0.1) is 0 Å². The van der Waals surface area contributed by atoms with Gasteiger partial charge < -0.3 is 10.6 Å². The Morgan fingerprint density at radius 1 is 1.05 bits per heavy atom. The summed E-state index contributed by atoms with van der Waals surface area (Å²) in [7, 11) is 1.63. The van der Waals surface area contributed by atoms with Gasteiger partial charge >= 0.3 is 0 Å². The zero-order valence-corrected chi connectivity index (χ0v) is 11.8. The second-order valence-corrected chi connectivity index (χ2v) is 5.34. The van der Waals surface area contributed by atoms with Crippen molar-refractivity contribution in [2.24, 2.45) is 0 Å². The third kappa shape index (κ3) is 2.38. The van der Waals surface area contributed by atoms with E-state index >= 15 is 0 Å². The number of amides is 1. The van der Waals surface area contributed by atoms with E-state index in [1.54, 1.807) is 18.4 Å². The molecule has 0 aliphatic heterocycles. The zero-order valence-electron chi connectivity index (χ0n) is 11.0. The van der Waals surface area contributed by atoms with Crippen LogP contribution in [0.4, 0.5) is 11.4 Å². The fourth-order valence-corrected chi connectivity index (χ4v) is 2.97. The van der Waals surface area contributed by atoms with Crippen LogP contribution >= 0.6 is 11.3 Å². The van der Waals surface area contributed by atoms with Crippen molar-refractivity contribution in [1.29, 1.82) is 0 Å². The van der Waals surface area contributed by atoms with Gasteiger partial charge in [-0.25, -0.2) is 0 Å². The fraction of sp³-hybridized carbons (Fsp3) is 0.0625. The number of benzene rings is 2. The first-order chi connectivity index (χ1) is 9.78. The molecule has 0 saturated heterocycles. The standard InChI is InChI=1S/C16H14N2OS/c1-17-16(19)11-6-8-12(9-7-11)18-14-10-20-15-5-3-2-4-13(14)15/h2-10,18H,1H3,(H,17,19). The first-order valence-corrected chi connectivity index (χ1v) is 7.21. The van der Waals surface area contributed by atoms with Gasteiger partial charge in [0.25, 0.3) is 5.91 Å². The van der Waals surface area contributed by atoms with Gasteiger partial charge in [-0.05, 0) is 30.3 Å². The maximum atomic E-state index is 11.5. The molecule has 4 heteroatoms. The molecule has 3 nitrogen and oxygen atoms in total. The molecule has 1 amide bonds. The monoisotopic (exact) mass is 282 g/mol. The highest BCUT2D eigenvalue weighted by molar-refractivity contribution is 7.17. The van der Waals surface area contributed by atoms with E-state index in [1.807, 2.05) is 36.4 Å². The Bertz CT molecular complexity index is 747. The van der Waals surface area contributed by atoms with Gasteiger partial charge in [0, 0.05) is 33.8 Å². The number of hydrogen-bond donors (Lipinski definition) is 2. The lowest BCUT2D eigenvalue weighted by atomic mass is 10.2. The minimum absolute atomic E-state index is 0.0717. The summed E-state index contributed by atoms with van der Waals surface area (Å²) in [6.45, 7) is 0. The Hall–Kier alpha value is -2.33. The van der Waals surface area contributed by atoms with Crippen molar-refractivity contribution < 1.29 is 4.79 Å². The van der Waals surface area contributed by atoms with E-state index in [0.29, 0.717) is 5.56 Å². The van der Waals surface area contributed by atoms with Gasteiger partial charge in [0.05, 0.1) is 5.69 Å². The van der Waals surface area contributed by atoms with Crippen LogP contribution in [0.2, 0.25) is 0 Å². The molecule has 0 fully saturated rings. The molecule has 0 aliphatic carbocycles. The summed E-state index contributed by atoms with van der Waals surface area (Å²) in [4.78, 5) is 11.5. The molecule has 0 unspecified atom stereocenters. The number of fused-ring (bicyclic) bond motifs is 1. The van der Waals surface area contributed by atoms with Crippen molar-refractivity contribution in [1.82, 2.24) is 5.32 Å². The third-order valence-electron chi connectivity index (χ3n) is 3.13. The van der Waals surface area contributed by atoms with Crippen LogP contribution in [-0.4, -0.2) is 13.0 Å². The average Bonchev–Trinajstić information content (AvgIpc) is 2.91. The first kappa shape index (κ1) is 12.7. The first-order valence-electron chi connectivity index (χ1n) is 6.33. The number of carbonyl (C=O) groups is 1. The Kier molecular flexibility index (Phi) is 3.39. The average molecular weight is 282 g/mol. The normalized spacial score (nSPS) is 10.4. The lowest BCUT2D eigenvalue weighted by molar-refractivity contribution is 0.0963. The number of hydrogen-bond acceptors (Lipinski definition) is 3. The molecule has 1 aromatic heterocycles. The minimum atomic E-state index is -0.0717. The van der Waals surface area contributed by atoms with E-state index in [4.69, 9.17) is 0 Å². The molecule has 3 rings (SSSR count). The van der Waals surface area contributed by atoms with Gasteiger partial charge in [0.15, 0.2) is 0 Å².